The summed E-state index contributed by atoms with van der Waals surface area (Å²) in [5.74, 6) is -0.0601. The van der Waals surface area contributed by atoms with E-state index in [9.17, 15) is 14.0 Å². The predicted octanol–water partition coefficient (Wildman–Crippen LogP) is 2.56. The largest absolute Gasteiger partial charge is 0.484 e. The Morgan fingerprint density at radius 2 is 2.04 bits per heavy atom. The molecule has 0 fully saturated rings. The van der Waals surface area contributed by atoms with E-state index in [1.807, 2.05) is 0 Å². The number of carbonyl (C=O) groups is 2. The van der Waals surface area contributed by atoms with Gasteiger partial charge in [0.25, 0.3) is 11.8 Å². The van der Waals surface area contributed by atoms with E-state index in [4.69, 9.17) is 9.47 Å². The molecule has 124 valence electrons. The zero-order chi connectivity index (χ0) is 17.1. The highest BCUT2D eigenvalue weighted by Gasteiger charge is 2.23. The zero-order valence-corrected chi connectivity index (χ0v) is 12.8. The molecule has 0 saturated heterocycles. The number of amides is 2. The minimum absolute atomic E-state index is 0.220. The lowest BCUT2D eigenvalue weighted by molar-refractivity contribution is -0.122. The summed E-state index contributed by atoms with van der Waals surface area (Å²) in [6.07, 6.45) is -0.554. The summed E-state index contributed by atoms with van der Waals surface area (Å²) in [4.78, 5) is 23.5. The summed E-state index contributed by atoms with van der Waals surface area (Å²) in [5.41, 5.74) is 0.996. The van der Waals surface area contributed by atoms with Crippen LogP contribution in [-0.2, 0) is 9.59 Å². The zero-order valence-electron chi connectivity index (χ0n) is 12.8. The Morgan fingerprint density at radius 3 is 2.79 bits per heavy atom. The van der Waals surface area contributed by atoms with Gasteiger partial charge in [0, 0.05) is 5.69 Å². The second-order valence-corrected chi connectivity index (χ2v) is 5.25. The van der Waals surface area contributed by atoms with Crippen molar-refractivity contribution in [2.75, 3.05) is 17.2 Å². The van der Waals surface area contributed by atoms with Crippen LogP contribution in [0.3, 0.4) is 0 Å². The van der Waals surface area contributed by atoms with Crippen molar-refractivity contribution in [1.29, 1.82) is 0 Å². The molecule has 0 spiro atoms. The van der Waals surface area contributed by atoms with Gasteiger partial charge in [-0.05, 0) is 49.4 Å². The number of halogens is 1. The number of benzene rings is 2. The third-order valence-corrected chi connectivity index (χ3v) is 3.38. The molecular formula is C17H15FN2O4. The summed E-state index contributed by atoms with van der Waals surface area (Å²) in [7, 11) is 0. The summed E-state index contributed by atoms with van der Waals surface area (Å²) < 4.78 is 23.5. The fourth-order valence-electron chi connectivity index (χ4n) is 2.16. The SMILES string of the molecule is CC1Oc2ccc(NC(=O)COc3ccc(F)cc3)cc2NC1=O. The van der Waals surface area contributed by atoms with Crippen molar-refractivity contribution < 1.29 is 23.5 Å². The monoisotopic (exact) mass is 330 g/mol. The molecule has 0 bridgehead atoms. The Kier molecular flexibility index (Phi) is 4.33. The molecule has 1 unspecified atom stereocenters. The van der Waals surface area contributed by atoms with Gasteiger partial charge in [-0.15, -0.1) is 0 Å². The predicted molar refractivity (Wildman–Crippen MR) is 85.7 cm³/mol. The molecule has 0 aliphatic carbocycles. The number of hydrogen-bond donors (Lipinski definition) is 2. The molecule has 7 heteroatoms. The maximum atomic E-state index is 12.8. The average Bonchev–Trinajstić information content (AvgIpc) is 2.56. The van der Waals surface area contributed by atoms with Crippen LogP contribution in [0.4, 0.5) is 15.8 Å². The van der Waals surface area contributed by atoms with E-state index in [1.54, 1.807) is 25.1 Å². The molecule has 1 heterocycles. The molecule has 1 aliphatic heterocycles. The minimum atomic E-state index is -0.554. The maximum absolute atomic E-state index is 12.8. The third-order valence-electron chi connectivity index (χ3n) is 3.38. The van der Waals surface area contributed by atoms with Crippen LogP contribution in [0.15, 0.2) is 42.5 Å². The van der Waals surface area contributed by atoms with E-state index < -0.39 is 6.10 Å². The van der Waals surface area contributed by atoms with Gasteiger partial charge in [-0.25, -0.2) is 4.39 Å². The lowest BCUT2D eigenvalue weighted by Crippen LogP contribution is -2.34. The van der Waals surface area contributed by atoms with E-state index >= 15 is 0 Å². The average molecular weight is 330 g/mol. The molecule has 0 saturated carbocycles. The van der Waals surface area contributed by atoms with E-state index in [2.05, 4.69) is 10.6 Å². The van der Waals surface area contributed by atoms with E-state index in [0.717, 1.165) is 0 Å². The van der Waals surface area contributed by atoms with Gasteiger partial charge in [-0.3, -0.25) is 9.59 Å². The Balaban J connectivity index is 1.59. The first-order valence-electron chi connectivity index (χ1n) is 7.31. The summed E-state index contributed by atoms with van der Waals surface area (Å²) in [5, 5.41) is 5.36. The molecule has 0 aromatic heterocycles. The van der Waals surface area contributed by atoms with Gasteiger partial charge in [-0.1, -0.05) is 0 Å². The van der Waals surface area contributed by atoms with Gasteiger partial charge in [-0.2, -0.15) is 0 Å². The standard InChI is InChI=1S/C17H15FN2O4/c1-10-17(22)20-14-8-12(4-7-15(14)24-10)19-16(21)9-23-13-5-2-11(18)3-6-13/h2-8,10H,9H2,1H3,(H,19,21)(H,20,22). The third kappa shape index (κ3) is 3.62. The minimum Gasteiger partial charge on any atom is -0.484 e. The first-order valence-corrected chi connectivity index (χ1v) is 7.31. The fourth-order valence-corrected chi connectivity index (χ4v) is 2.16. The van der Waals surface area contributed by atoms with Gasteiger partial charge in [0.2, 0.25) is 0 Å². The molecule has 2 aromatic rings. The van der Waals surface area contributed by atoms with Crippen LogP contribution < -0.4 is 20.1 Å². The molecule has 2 amide bonds. The second kappa shape index (κ2) is 6.57. The molecule has 1 aliphatic rings. The lowest BCUT2D eigenvalue weighted by Gasteiger charge is -2.23. The molecule has 0 radical (unpaired) electrons. The Morgan fingerprint density at radius 1 is 1.29 bits per heavy atom. The van der Waals surface area contributed by atoms with Crippen molar-refractivity contribution in [1.82, 2.24) is 0 Å². The van der Waals surface area contributed by atoms with Crippen LogP contribution in [0, 0.1) is 5.82 Å². The highest BCUT2D eigenvalue weighted by Crippen LogP contribution is 2.32. The van der Waals surface area contributed by atoms with Gasteiger partial charge in [0.15, 0.2) is 12.7 Å². The van der Waals surface area contributed by atoms with Crippen LogP contribution in [0.1, 0.15) is 6.92 Å². The molecule has 6 nitrogen and oxygen atoms in total. The number of nitrogens with one attached hydrogen (secondary N) is 2. The van der Waals surface area contributed by atoms with E-state index in [-0.39, 0.29) is 24.2 Å². The Bertz CT molecular complexity index is 777. The maximum Gasteiger partial charge on any atom is 0.265 e. The van der Waals surface area contributed by atoms with Crippen molar-refractivity contribution in [3.8, 4) is 11.5 Å². The van der Waals surface area contributed by atoms with Crippen LogP contribution >= 0.6 is 0 Å². The number of ether oxygens (including phenoxy) is 2. The van der Waals surface area contributed by atoms with Crippen molar-refractivity contribution in [2.45, 2.75) is 13.0 Å². The quantitative estimate of drug-likeness (QED) is 0.903. The van der Waals surface area contributed by atoms with E-state index in [1.165, 1.54) is 24.3 Å². The number of fused-ring (bicyclic) bond motifs is 1. The van der Waals surface area contributed by atoms with Crippen molar-refractivity contribution in [3.05, 3.63) is 48.3 Å². The van der Waals surface area contributed by atoms with Crippen molar-refractivity contribution in [2.24, 2.45) is 0 Å². The Labute approximate surface area is 137 Å². The molecule has 2 N–H and O–H groups in total. The molecule has 24 heavy (non-hydrogen) atoms. The van der Waals surface area contributed by atoms with Crippen LogP contribution in [-0.4, -0.2) is 24.5 Å². The summed E-state index contributed by atoms with van der Waals surface area (Å²) in [6.45, 7) is 1.43. The first-order chi connectivity index (χ1) is 11.5. The number of rotatable bonds is 4. The van der Waals surface area contributed by atoms with Crippen LogP contribution in [0.2, 0.25) is 0 Å². The molecule has 2 aromatic carbocycles. The van der Waals surface area contributed by atoms with Crippen molar-refractivity contribution in [3.63, 3.8) is 0 Å². The molecular weight excluding hydrogens is 315 g/mol. The molecule has 1 atom stereocenters. The van der Waals surface area contributed by atoms with Gasteiger partial charge in [0.05, 0.1) is 5.69 Å². The first kappa shape index (κ1) is 15.8. The molecule has 3 rings (SSSR count). The van der Waals surface area contributed by atoms with Crippen LogP contribution in [0.5, 0.6) is 11.5 Å². The number of anilines is 2. The normalized spacial score (nSPS) is 15.8. The summed E-state index contributed by atoms with van der Waals surface area (Å²) in [6, 6.07) is 10.3. The van der Waals surface area contributed by atoms with E-state index in [0.29, 0.717) is 22.9 Å². The van der Waals surface area contributed by atoms with Crippen LogP contribution in [0.25, 0.3) is 0 Å². The highest BCUT2D eigenvalue weighted by atomic mass is 19.1. The summed E-state index contributed by atoms with van der Waals surface area (Å²) >= 11 is 0. The van der Waals surface area contributed by atoms with Gasteiger partial charge < -0.3 is 20.1 Å². The van der Waals surface area contributed by atoms with Gasteiger partial charge in [0.1, 0.15) is 17.3 Å². The number of hydrogen-bond acceptors (Lipinski definition) is 4. The van der Waals surface area contributed by atoms with Gasteiger partial charge >= 0.3 is 0 Å². The highest BCUT2D eigenvalue weighted by molar-refractivity contribution is 5.99. The topological polar surface area (TPSA) is 76.7 Å². The number of carbonyl (C=O) groups excluding carboxylic acids is 2. The Hall–Kier alpha value is -3.09. The van der Waals surface area contributed by atoms with Crippen molar-refractivity contribution >= 4 is 23.2 Å². The fraction of sp³-hybridized carbons (Fsp3) is 0.176. The second-order valence-electron chi connectivity index (χ2n) is 5.25. The smallest absolute Gasteiger partial charge is 0.265 e. The lowest BCUT2D eigenvalue weighted by atomic mass is 10.2.